The van der Waals surface area contributed by atoms with E-state index in [2.05, 4.69) is 10.5 Å². The molecule has 0 bridgehead atoms. The lowest BCUT2D eigenvalue weighted by molar-refractivity contribution is -0.123. The molecule has 3 aromatic rings. The molecule has 0 saturated heterocycles. The average Bonchev–Trinajstić information content (AvgIpc) is 2.71. The first-order chi connectivity index (χ1) is 13.1. The number of carbonyl (C=O) groups excluding carboxylic acids is 1. The number of halogens is 1. The Morgan fingerprint density at radius 3 is 2.41 bits per heavy atom. The average molecular weight is 362 g/mol. The monoisotopic (exact) mass is 362 g/mol. The molecule has 1 amide bonds. The van der Waals surface area contributed by atoms with Crippen LogP contribution in [0.5, 0.6) is 5.75 Å². The summed E-state index contributed by atoms with van der Waals surface area (Å²) in [4.78, 5) is 12.0. The van der Waals surface area contributed by atoms with Gasteiger partial charge in [0, 0.05) is 11.1 Å². The molecule has 27 heavy (non-hydrogen) atoms. The molecule has 3 aromatic carbocycles. The topological polar surface area (TPSA) is 50.7 Å². The van der Waals surface area contributed by atoms with E-state index in [0.717, 1.165) is 11.1 Å². The Kier molecular flexibility index (Phi) is 5.94. The highest BCUT2D eigenvalue weighted by Gasteiger charge is 2.09. The minimum Gasteiger partial charge on any atom is -0.483 e. The maximum absolute atomic E-state index is 13.7. The standard InChI is InChI=1S/C22H19FN2O2/c1-16(18-11-5-7-13-20(18)23)24-25-22(26)15-27-21-14-8-6-12-19(21)17-9-3-2-4-10-17/h2-14H,15H2,1H3,(H,25,26)/b24-16+. The summed E-state index contributed by atoms with van der Waals surface area (Å²) in [6.07, 6.45) is 0. The highest BCUT2D eigenvalue weighted by atomic mass is 19.1. The molecule has 0 aliphatic heterocycles. The van der Waals surface area contributed by atoms with Crippen LogP contribution in [0.15, 0.2) is 84.0 Å². The van der Waals surface area contributed by atoms with Crippen molar-refractivity contribution in [1.29, 1.82) is 0 Å². The van der Waals surface area contributed by atoms with Crippen LogP contribution in [0.2, 0.25) is 0 Å². The van der Waals surface area contributed by atoms with E-state index in [1.165, 1.54) is 6.07 Å². The van der Waals surface area contributed by atoms with Crippen molar-refractivity contribution in [3.05, 3.63) is 90.2 Å². The number of para-hydroxylation sites is 1. The maximum atomic E-state index is 13.7. The lowest BCUT2D eigenvalue weighted by Crippen LogP contribution is -2.25. The van der Waals surface area contributed by atoms with Crippen molar-refractivity contribution in [3.63, 3.8) is 0 Å². The van der Waals surface area contributed by atoms with Crippen molar-refractivity contribution in [2.24, 2.45) is 5.10 Å². The second-order valence-corrected chi connectivity index (χ2v) is 5.86. The fraction of sp³-hybridized carbons (Fsp3) is 0.0909. The number of amides is 1. The first kappa shape index (κ1) is 18.3. The van der Waals surface area contributed by atoms with Crippen molar-refractivity contribution in [2.75, 3.05) is 6.61 Å². The first-order valence-electron chi connectivity index (χ1n) is 8.50. The van der Waals surface area contributed by atoms with Crippen molar-refractivity contribution >= 4 is 11.6 Å². The highest BCUT2D eigenvalue weighted by molar-refractivity contribution is 5.99. The first-order valence-corrected chi connectivity index (χ1v) is 8.50. The van der Waals surface area contributed by atoms with E-state index in [4.69, 9.17) is 4.74 Å². The number of hydrogen-bond acceptors (Lipinski definition) is 3. The molecule has 0 saturated carbocycles. The van der Waals surface area contributed by atoms with Crippen molar-refractivity contribution < 1.29 is 13.9 Å². The predicted molar refractivity (Wildman–Crippen MR) is 104 cm³/mol. The van der Waals surface area contributed by atoms with E-state index in [1.54, 1.807) is 25.1 Å². The SMILES string of the molecule is C/C(=N\NC(=O)COc1ccccc1-c1ccccc1)c1ccccc1F. The van der Waals surface area contributed by atoms with Crippen LogP contribution in [0.4, 0.5) is 4.39 Å². The molecule has 0 aliphatic carbocycles. The summed E-state index contributed by atoms with van der Waals surface area (Å²) in [6, 6.07) is 23.5. The third kappa shape index (κ3) is 4.79. The van der Waals surface area contributed by atoms with Crippen molar-refractivity contribution in [3.8, 4) is 16.9 Å². The highest BCUT2D eigenvalue weighted by Crippen LogP contribution is 2.29. The second kappa shape index (κ2) is 8.76. The lowest BCUT2D eigenvalue weighted by Gasteiger charge is -2.11. The van der Waals surface area contributed by atoms with Gasteiger partial charge in [0.15, 0.2) is 6.61 Å². The number of rotatable bonds is 6. The molecular formula is C22H19FN2O2. The number of hydrogen-bond donors (Lipinski definition) is 1. The van der Waals surface area contributed by atoms with Gasteiger partial charge in [0.2, 0.25) is 0 Å². The zero-order valence-corrected chi connectivity index (χ0v) is 14.9. The molecule has 0 spiro atoms. The van der Waals surface area contributed by atoms with Gasteiger partial charge in [-0.25, -0.2) is 9.82 Å². The summed E-state index contributed by atoms with van der Waals surface area (Å²) in [5, 5.41) is 3.95. The molecule has 0 unspecified atom stereocenters. The van der Waals surface area contributed by atoms with Crippen LogP contribution >= 0.6 is 0 Å². The van der Waals surface area contributed by atoms with Gasteiger partial charge < -0.3 is 4.74 Å². The molecule has 4 nitrogen and oxygen atoms in total. The van der Waals surface area contributed by atoms with Gasteiger partial charge in [0.25, 0.3) is 5.91 Å². The van der Waals surface area contributed by atoms with E-state index in [9.17, 15) is 9.18 Å². The molecule has 3 rings (SSSR count). The quantitative estimate of drug-likeness (QED) is 0.522. The molecule has 0 fully saturated rings. The molecule has 5 heteroatoms. The lowest BCUT2D eigenvalue weighted by atomic mass is 10.1. The van der Waals surface area contributed by atoms with Crippen LogP contribution in [0.1, 0.15) is 12.5 Å². The molecule has 136 valence electrons. The minimum atomic E-state index is -0.423. The predicted octanol–water partition coefficient (Wildman–Crippen LogP) is 4.41. The Morgan fingerprint density at radius 1 is 0.963 bits per heavy atom. The second-order valence-electron chi connectivity index (χ2n) is 5.86. The van der Waals surface area contributed by atoms with E-state index < -0.39 is 5.91 Å². The van der Waals surface area contributed by atoms with Gasteiger partial charge >= 0.3 is 0 Å². The van der Waals surface area contributed by atoms with Gasteiger partial charge in [-0.2, -0.15) is 5.10 Å². The Hall–Kier alpha value is -3.47. The van der Waals surface area contributed by atoms with Gasteiger partial charge in [-0.1, -0.05) is 66.7 Å². The van der Waals surface area contributed by atoms with Gasteiger partial charge in [0.05, 0.1) is 5.71 Å². The van der Waals surface area contributed by atoms with Gasteiger partial charge in [-0.3, -0.25) is 4.79 Å². The Morgan fingerprint density at radius 2 is 1.63 bits per heavy atom. The van der Waals surface area contributed by atoms with Crippen LogP contribution in [-0.2, 0) is 4.79 Å². The van der Waals surface area contributed by atoms with Gasteiger partial charge in [-0.15, -0.1) is 0 Å². The van der Waals surface area contributed by atoms with Gasteiger partial charge in [-0.05, 0) is 24.6 Å². The Labute approximate surface area is 157 Å². The summed E-state index contributed by atoms with van der Waals surface area (Å²) >= 11 is 0. The number of nitrogens with zero attached hydrogens (tertiary/aromatic N) is 1. The van der Waals surface area contributed by atoms with E-state index >= 15 is 0 Å². The zero-order chi connectivity index (χ0) is 19.1. The number of carbonyl (C=O) groups is 1. The van der Waals surface area contributed by atoms with Crippen LogP contribution in [-0.4, -0.2) is 18.2 Å². The smallest absolute Gasteiger partial charge is 0.277 e. The molecule has 0 aliphatic rings. The summed E-state index contributed by atoms with van der Waals surface area (Å²) in [7, 11) is 0. The fourth-order valence-electron chi connectivity index (χ4n) is 2.59. The van der Waals surface area contributed by atoms with Crippen LogP contribution in [0.3, 0.4) is 0 Å². The zero-order valence-electron chi connectivity index (χ0n) is 14.9. The molecule has 0 atom stereocenters. The Bertz CT molecular complexity index is 955. The normalized spacial score (nSPS) is 11.1. The third-order valence-corrected chi connectivity index (χ3v) is 3.94. The number of ether oxygens (including phenoxy) is 1. The molecule has 0 aromatic heterocycles. The number of benzene rings is 3. The van der Waals surface area contributed by atoms with Gasteiger partial charge in [0.1, 0.15) is 11.6 Å². The molecule has 0 radical (unpaired) electrons. The van der Waals surface area contributed by atoms with Crippen molar-refractivity contribution in [1.82, 2.24) is 5.43 Å². The molecule has 0 heterocycles. The van der Waals surface area contributed by atoms with E-state index in [1.807, 2.05) is 54.6 Å². The summed E-state index contributed by atoms with van der Waals surface area (Å²) in [5.41, 5.74) is 5.02. The minimum absolute atomic E-state index is 0.197. The third-order valence-electron chi connectivity index (χ3n) is 3.94. The summed E-state index contributed by atoms with van der Waals surface area (Å²) in [5.74, 6) is -0.205. The largest absolute Gasteiger partial charge is 0.483 e. The van der Waals surface area contributed by atoms with E-state index in [0.29, 0.717) is 17.0 Å². The maximum Gasteiger partial charge on any atom is 0.277 e. The van der Waals surface area contributed by atoms with Crippen LogP contribution in [0.25, 0.3) is 11.1 Å². The summed E-state index contributed by atoms with van der Waals surface area (Å²) < 4.78 is 19.4. The Balaban J connectivity index is 1.64. The molecule has 1 N–H and O–H groups in total. The van der Waals surface area contributed by atoms with Crippen LogP contribution in [0, 0.1) is 5.82 Å². The van der Waals surface area contributed by atoms with Crippen LogP contribution < -0.4 is 10.2 Å². The molecular weight excluding hydrogens is 343 g/mol. The summed E-state index contributed by atoms with van der Waals surface area (Å²) in [6.45, 7) is 1.43. The number of nitrogens with one attached hydrogen (secondary N) is 1. The number of hydrazone groups is 1. The fourth-order valence-corrected chi connectivity index (χ4v) is 2.59. The van der Waals surface area contributed by atoms with E-state index in [-0.39, 0.29) is 12.4 Å². The van der Waals surface area contributed by atoms with Crippen molar-refractivity contribution in [2.45, 2.75) is 6.92 Å².